The molecule has 0 unspecified atom stereocenters. The topological polar surface area (TPSA) is 74.7 Å². The van der Waals surface area contributed by atoms with Crippen LogP contribution in [0, 0.1) is 0 Å². The number of sulfone groups is 1. The first kappa shape index (κ1) is 13.4. The highest BCUT2D eigenvalue weighted by Crippen LogP contribution is 2.19. The lowest BCUT2D eigenvalue weighted by Crippen LogP contribution is -2.47. The fraction of sp³-hybridized carbons (Fsp3) is 0.900. The van der Waals surface area contributed by atoms with Crippen LogP contribution < -0.4 is 0 Å². The van der Waals surface area contributed by atoms with Crippen LogP contribution in [0.3, 0.4) is 0 Å². The highest BCUT2D eigenvalue weighted by atomic mass is 32.2. The maximum Gasteiger partial charge on any atom is 0.317 e. The fourth-order valence-electron chi connectivity index (χ4n) is 2.10. The number of hydrogen-bond acceptors (Lipinski definition) is 4. The maximum absolute atomic E-state index is 11.3. The Labute approximate surface area is 96.4 Å². The molecule has 0 radical (unpaired) electrons. The SMILES string of the molecule is CC(C)N(CC(=O)O)C1CCS(=O)(=O)CC1. The quantitative estimate of drug-likeness (QED) is 0.778. The average Bonchev–Trinajstić information content (AvgIpc) is 2.14. The Morgan fingerprint density at radius 1 is 1.38 bits per heavy atom. The van der Waals surface area contributed by atoms with Crippen molar-refractivity contribution in [2.75, 3.05) is 18.1 Å². The van der Waals surface area contributed by atoms with E-state index < -0.39 is 15.8 Å². The van der Waals surface area contributed by atoms with Gasteiger partial charge in [-0.3, -0.25) is 9.69 Å². The van der Waals surface area contributed by atoms with Crippen molar-refractivity contribution in [2.24, 2.45) is 0 Å². The van der Waals surface area contributed by atoms with Crippen LogP contribution in [-0.4, -0.2) is 54.5 Å². The van der Waals surface area contributed by atoms with Crippen LogP contribution in [0.4, 0.5) is 0 Å². The van der Waals surface area contributed by atoms with Crippen LogP contribution in [0.25, 0.3) is 0 Å². The van der Waals surface area contributed by atoms with Crippen molar-refractivity contribution in [3.63, 3.8) is 0 Å². The van der Waals surface area contributed by atoms with E-state index in [1.165, 1.54) is 0 Å². The third kappa shape index (κ3) is 3.75. The Bertz CT molecular complexity index is 336. The van der Waals surface area contributed by atoms with Crippen LogP contribution in [-0.2, 0) is 14.6 Å². The molecule has 0 amide bonds. The molecule has 0 atom stereocenters. The number of carboxylic acid groups (broad SMARTS) is 1. The highest BCUT2D eigenvalue weighted by molar-refractivity contribution is 7.91. The van der Waals surface area contributed by atoms with Gasteiger partial charge in [0.2, 0.25) is 0 Å². The van der Waals surface area contributed by atoms with E-state index in [-0.39, 0.29) is 30.1 Å². The second-order valence-electron chi connectivity index (χ2n) is 4.54. The molecular formula is C10H19NO4S. The summed E-state index contributed by atoms with van der Waals surface area (Å²) in [7, 11) is -2.88. The van der Waals surface area contributed by atoms with Crippen molar-refractivity contribution in [1.82, 2.24) is 4.90 Å². The summed E-state index contributed by atoms with van der Waals surface area (Å²) >= 11 is 0. The summed E-state index contributed by atoms with van der Waals surface area (Å²) in [5.74, 6) is -0.497. The highest BCUT2D eigenvalue weighted by Gasteiger charge is 2.30. The molecule has 0 aromatic carbocycles. The number of nitrogens with zero attached hydrogens (tertiary/aromatic N) is 1. The van der Waals surface area contributed by atoms with Gasteiger partial charge in [-0.25, -0.2) is 8.42 Å². The molecule has 1 aliphatic heterocycles. The van der Waals surface area contributed by atoms with Crippen molar-refractivity contribution >= 4 is 15.8 Å². The van der Waals surface area contributed by atoms with Gasteiger partial charge >= 0.3 is 5.97 Å². The summed E-state index contributed by atoms with van der Waals surface area (Å²) in [5, 5.41) is 8.81. The van der Waals surface area contributed by atoms with Crippen molar-refractivity contribution in [2.45, 2.75) is 38.8 Å². The van der Waals surface area contributed by atoms with Gasteiger partial charge in [0.1, 0.15) is 9.84 Å². The van der Waals surface area contributed by atoms with Gasteiger partial charge in [0.15, 0.2) is 0 Å². The first-order valence-electron chi connectivity index (χ1n) is 5.50. The molecule has 0 aromatic rings. The van der Waals surface area contributed by atoms with Gasteiger partial charge in [0.25, 0.3) is 0 Å². The van der Waals surface area contributed by atoms with Crippen LogP contribution in [0.5, 0.6) is 0 Å². The van der Waals surface area contributed by atoms with Crippen LogP contribution >= 0.6 is 0 Å². The zero-order valence-corrected chi connectivity index (χ0v) is 10.5. The fourth-order valence-corrected chi connectivity index (χ4v) is 3.57. The van der Waals surface area contributed by atoms with Crippen molar-refractivity contribution < 1.29 is 18.3 Å². The maximum atomic E-state index is 11.3. The molecule has 5 nitrogen and oxygen atoms in total. The van der Waals surface area contributed by atoms with Crippen molar-refractivity contribution in [1.29, 1.82) is 0 Å². The van der Waals surface area contributed by atoms with E-state index in [4.69, 9.17) is 5.11 Å². The van der Waals surface area contributed by atoms with E-state index in [1.54, 1.807) is 0 Å². The first-order valence-corrected chi connectivity index (χ1v) is 7.32. The predicted molar refractivity (Wildman–Crippen MR) is 61.2 cm³/mol. The molecular weight excluding hydrogens is 230 g/mol. The minimum absolute atomic E-state index is 0.0115. The zero-order valence-electron chi connectivity index (χ0n) is 9.72. The monoisotopic (exact) mass is 249 g/mol. The van der Waals surface area contributed by atoms with Crippen LogP contribution in [0.15, 0.2) is 0 Å². The number of rotatable bonds is 4. The van der Waals surface area contributed by atoms with E-state index in [9.17, 15) is 13.2 Å². The van der Waals surface area contributed by atoms with E-state index in [2.05, 4.69) is 0 Å². The second kappa shape index (κ2) is 5.14. The summed E-state index contributed by atoms with van der Waals surface area (Å²) in [6.45, 7) is 3.86. The molecule has 6 heteroatoms. The molecule has 0 saturated carbocycles. The van der Waals surface area contributed by atoms with Crippen LogP contribution in [0.1, 0.15) is 26.7 Å². The molecule has 1 heterocycles. The number of hydrogen-bond donors (Lipinski definition) is 1. The molecule has 1 saturated heterocycles. The third-order valence-corrected chi connectivity index (χ3v) is 4.69. The molecule has 0 bridgehead atoms. The molecule has 1 fully saturated rings. The molecule has 1 aliphatic rings. The average molecular weight is 249 g/mol. The van der Waals surface area contributed by atoms with Crippen molar-refractivity contribution in [3.05, 3.63) is 0 Å². The van der Waals surface area contributed by atoms with Gasteiger partial charge in [-0.05, 0) is 26.7 Å². The molecule has 0 aliphatic carbocycles. The second-order valence-corrected chi connectivity index (χ2v) is 6.85. The first-order chi connectivity index (χ1) is 7.32. The summed E-state index contributed by atoms with van der Waals surface area (Å²) in [6, 6.07) is 0.210. The summed E-state index contributed by atoms with van der Waals surface area (Å²) in [5.41, 5.74) is 0. The number of carboxylic acids is 1. The van der Waals surface area contributed by atoms with Crippen LogP contribution in [0.2, 0.25) is 0 Å². The number of carbonyl (C=O) groups is 1. The largest absolute Gasteiger partial charge is 0.480 e. The molecule has 1 rings (SSSR count). The minimum Gasteiger partial charge on any atom is -0.480 e. The molecule has 0 spiro atoms. The summed E-state index contributed by atoms with van der Waals surface area (Å²) in [6.07, 6.45) is 1.10. The van der Waals surface area contributed by atoms with Gasteiger partial charge in [-0.1, -0.05) is 0 Å². The minimum atomic E-state index is -2.88. The Morgan fingerprint density at radius 3 is 2.25 bits per heavy atom. The van der Waals surface area contributed by atoms with E-state index in [1.807, 2.05) is 18.7 Å². The Balaban J connectivity index is 2.63. The third-order valence-electron chi connectivity index (χ3n) is 2.97. The van der Waals surface area contributed by atoms with Gasteiger partial charge in [0.05, 0.1) is 18.1 Å². The van der Waals surface area contributed by atoms with Gasteiger partial charge < -0.3 is 5.11 Å². The Hall–Kier alpha value is -0.620. The lowest BCUT2D eigenvalue weighted by atomic mass is 10.1. The Morgan fingerprint density at radius 2 is 1.88 bits per heavy atom. The van der Waals surface area contributed by atoms with E-state index >= 15 is 0 Å². The normalized spacial score (nSPS) is 21.5. The smallest absolute Gasteiger partial charge is 0.317 e. The lowest BCUT2D eigenvalue weighted by molar-refractivity contribution is -0.139. The number of aliphatic carboxylic acids is 1. The Kier molecular flexibility index (Phi) is 4.32. The van der Waals surface area contributed by atoms with Crippen molar-refractivity contribution in [3.8, 4) is 0 Å². The molecule has 0 aromatic heterocycles. The predicted octanol–water partition coefficient (Wildman–Crippen LogP) is 0.359. The summed E-state index contributed by atoms with van der Waals surface area (Å²) in [4.78, 5) is 12.6. The van der Waals surface area contributed by atoms with Gasteiger partial charge in [-0.2, -0.15) is 0 Å². The molecule has 1 N–H and O–H groups in total. The molecule has 16 heavy (non-hydrogen) atoms. The van der Waals surface area contributed by atoms with Gasteiger partial charge in [-0.15, -0.1) is 0 Å². The summed E-state index contributed by atoms with van der Waals surface area (Å²) < 4.78 is 22.6. The van der Waals surface area contributed by atoms with E-state index in [0.717, 1.165) is 0 Å². The standard InChI is InChI=1S/C10H19NO4S/c1-8(2)11(7-10(12)13)9-3-5-16(14,15)6-4-9/h8-9H,3-7H2,1-2H3,(H,12,13). The van der Waals surface area contributed by atoms with E-state index in [0.29, 0.717) is 12.8 Å². The molecule has 94 valence electrons. The lowest BCUT2D eigenvalue weighted by Gasteiger charge is -2.35. The van der Waals surface area contributed by atoms with Gasteiger partial charge in [0, 0.05) is 12.1 Å². The zero-order chi connectivity index (χ0) is 12.3.